The van der Waals surface area contributed by atoms with Crippen LogP contribution in [0, 0.1) is 0 Å². The average Bonchev–Trinajstić information content (AvgIpc) is 1.61. The molecule has 0 aliphatic heterocycles. The van der Waals surface area contributed by atoms with Crippen LogP contribution in [-0.4, -0.2) is 11.5 Å². The van der Waals surface area contributed by atoms with Gasteiger partial charge in [-0.1, -0.05) is 6.92 Å². The van der Waals surface area contributed by atoms with Gasteiger partial charge in [0.05, 0.1) is 0 Å². The van der Waals surface area contributed by atoms with Gasteiger partial charge < -0.3 is 10.1 Å². The van der Waals surface area contributed by atoms with E-state index in [0.29, 0.717) is 6.61 Å². The molecule has 0 amide bonds. The third kappa shape index (κ3) is 3.92. The zero-order valence-corrected chi connectivity index (χ0v) is 3.98. The Kier molecular flexibility index (Phi) is 4.85. The molecule has 0 aliphatic rings. The molecule has 1 N–H and O–H groups in total. The normalized spacial score (nSPS) is 9.00. The lowest BCUT2D eigenvalue weighted by Crippen LogP contribution is -2.12. The predicted molar refractivity (Wildman–Crippen MR) is 22.0 cm³/mol. The summed E-state index contributed by atoms with van der Waals surface area (Å²) < 4.78 is 0. The van der Waals surface area contributed by atoms with Gasteiger partial charge in [-0.2, -0.15) is 0 Å². The maximum absolute atomic E-state index is 9.31. The molecule has 6 heavy (non-hydrogen) atoms. The molecule has 0 aliphatic carbocycles. The third-order valence-electron chi connectivity index (χ3n) is 0.603. The molecular weight excluding hydrogens is 80.0 g/mol. The van der Waals surface area contributed by atoms with E-state index < -0.39 is 0 Å². The van der Waals surface area contributed by atoms with E-state index >= 15 is 0 Å². The van der Waals surface area contributed by atoms with Crippen molar-refractivity contribution in [2.45, 2.75) is 19.8 Å². The van der Waals surface area contributed by atoms with Crippen molar-refractivity contribution >= 4 is 0 Å². The summed E-state index contributed by atoms with van der Waals surface area (Å²) in [5.74, 6) is 0. The maximum Gasteiger partial charge on any atom is 0.150 e. The topological polar surface area (TPSA) is 35.9 Å². The van der Waals surface area contributed by atoms with Crippen LogP contribution in [0.4, 0.5) is 0 Å². The van der Waals surface area contributed by atoms with Crippen LogP contribution < -0.4 is 5.26 Å². The molecule has 0 heterocycles. The minimum atomic E-state index is 0.483. The molecule has 0 aromatic heterocycles. The van der Waals surface area contributed by atoms with Crippen LogP contribution in [0.25, 0.3) is 0 Å². The second kappa shape index (κ2) is 4.92. The van der Waals surface area contributed by atoms with E-state index in [0.717, 1.165) is 12.8 Å². The highest BCUT2D eigenvalue weighted by Gasteiger charge is 1.76. The van der Waals surface area contributed by atoms with Gasteiger partial charge in [0, 0.05) is 6.42 Å². The molecule has 0 bridgehead atoms. The largest absolute Gasteiger partial charge is 0.535 e. The molecule has 38 valence electrons. The minimum absolute atomic E-state index is 0.483. The van der Waals surface area contributed by atoms with E-state index in [2.05, 4.69) is 4.89 Å². The molecule has 0 radical (unpaired) electrons. The number of aliphatic hydroxyl groups is 1. The molecule has 0 aromatic carbocycles. The van der Waals surface area contributed by atoms with Gasteiger partial charge in [0.1, 0.15) is 6.61 Å². The Labute approximate surface area is 37.7 Å². The minimum Gasteiger partial charge on any atom is -0.535 e. The van der Waals surface area contributed by atoms with Crippen LogP contribution in [0.1, 0.15) is 19.8 Å². The number of rotatable bonds is 3. The van der Waals surface area contributed by atoms with Gasteiger partial charge in [-0.3, -0.25) is 0 Å². The quantitative estimate of drug-likeness (QED) is 0.201. The van der Waals surface area contributed by atoms with Crippen molar-refractivity contribution < 1.29 is 10.1 Å². The van der Waals surface area contributed by atoms with Crippen molar-refractivity contribution in [3.05, 3.63) is 0 Å². The number of hydrogen-bond donors (Lipinski definition) is 0. The van der Waals surface area contributed by atoms with Crippen LogP contribution >= 0.6 is 0 Å². The molecule has 0 atom stereocenters. The van der Waals surface area contributed by atoms with E-state index in [1.54, 1.807) is 0 Å². The van der Waals surface area contributed by atoms with Crippen LogP contribution in [0.15, 0.2) is 0 Å². The SMILES string of the molecule is CCCC[OH+][O-]. The van der Waals surface area contributed by atoms with Crippen molar-refractivity contribution in [3.8, 4) is 0 Å². The van der Waals surface area contributed by atoms with Gasteiger partial charge in [-0.05, 0) is 6.42 Å². The molecule has 0 spiro atoms. The standard InChI is InChI=1S/C4H10O2/c1-2-3-4-6-5/h6H,2-4H2,1H3. The van der Waals surface area contributed by atoms with Gasteiger partial charge in [-0.25, -0.2) is 0 Å². The molecule has 0 saturated heterocycles. The summed E-state index contributed by atoms with van der Waals surface area (Å²) in [5.41, 5.74) is 0. The van der Waals surface area contributed by atoms with Gasteiger partial charge in [0.25, 0.3) is 0 Å². The highest BCUT2D eigenvalue weighted by molar-refractivity contribution is 4.23. The lowest BCUT2D eigenvalue weighted by Gasteiger charge is -1.94. The molecule has 0 saturated carbocycles. The first-order valence-corrected chi connectivity index (χ1v) is 2.21. The second-order valence-electron chi connectivity index (χ2n) is 1.21. The van der Waals surface area contributed by atoms with Gasteiger partial charge in [-0.15, -0.1) is 0 Å². The second-order valence-corrected chi connectivity index (χ2v) is 1.21. The molecule has 0 aromatic rings. The Morgan fingerprint density at radius 3 is 2.50 bits per heavy atom. The van der Waals surface area contributed by atoms with Gasteiger partial charge in [0.2, 0.25) is 0 Å². The fourth-order valence-electron chi connectivity index (χ4n) is 0.223. The monoisotopic (exact) mass is 90.1 g/mol. The van der Waals surface area contributed by atoms with Crippen molar-refractivity contribution in [2.24, 2.45) is 0 Å². The zero-order chi connectivity index (χ0) is 4.83. The summed E-state index contributed by atoms with van der Waals surface area (Å²) in [5, 5.41) is 9.31. The first-order valence-electron chi connectivity index (χ1n) is 2.21. The molecular formula is C4H10O2. The Morgan fingerprint density at radius 1 is 1.67 bits per heavy atom. The lowest BCUT2D eigenvalue weighted by molar-refractivity contribution is -0.777. The van der Waals surface area contributed by atoms with E-state index in [-0.39, 0.29) is 0 Å². The zero-order valence-electron chi connectivity index (χ0n) is 3.98. The first kappa shape index (κ1) is 5.92. The van der Waals surface area contributed by atoms with Crippen molar-refractivity contribution in [1.82, 2.24) is 0 Å². The summed E-state index contributed by atoms with van der Waals surface area (Å²) in [6, 6.07) is 0. The Morgan fingerprint density at radius 2 is 2.33 bits per heavy atom. The Bertz CT molecular complexity index is 17.5. The number of hydrogen-bond acceptors (Lipinski definition) is 1. The van der Waals surface area contributed by atoms with Crippen molar-refractivity contribution in [2.75, 3.05) is 6.61 Å². The van der Waals surface area contributed by atoms with Crippen LogP contribution in [-0.2, 0) is 0 Å². The highest BCUT2D eigenvalue weighted by atomic mass is 17.1. The summed E-state index contributed by atoms with van der Waals surface area (Å²) in [6.45, 7) is 2.52. The molecule has 0 rings (SSSR count). The van der Waals surface area contributed by atoms with Gasteiger partial charge in [0.15, 0.2) is 0 Å². The summed E-state index contributed by atoms with van der Waals surface area (Å²) >= 11 is 0. The predicted octanol–water partition coefficient (Wildman–Crippen LogP) is -0.410. The smallest absolute Gasteiger partial charge is 0.150 e. The van der Waals surface area contributed by atoms with Crippen molar-refractivity contribution in [3.63, 3.8) is 0 Å². The Balaban J connectivity index is 2.34. The van der Waals surface area contributed by atoms with Gasteiger partial charge >= 0.3 is 0 Å². The van der Waals surface area contributed by atoms with Crippen molar-refractivity contribution in [1.29, 1.82) is 0 Å². The average molecular weight is 90.1 g/mol. The van der Waals surface area contributed by atoms with E-state index in [9.17, 15) is 5.26 Å². The van der Waals surface area contributed by atoms with Crippen LogP contribution in [0.3, 0.4) is 0 Å². The summed E-state index contributed by atoms with van der Waals surface area (Å²) in [7, 11) is 0. The first-order chi connectivity index (χ1) is 2.91. The molecule has 2 heteroatoms. The van der Waals surface area contributed by atoms with Crippen LogP contribution in [0.2, 0.25) is 0 Å². The third-order valence-corrected chi connectivity index (χ3v) is 0.603. The van der Waals surface area contributed by atoms with Crippen LogP contribution in [0.5, 0.6) is 0 Å². The Hall–Kier alpha value is -0.0800. The number of unbranched alkanes of at least 4 members (excludes halogenated alkanes) is 1. The fourth-order valence-corrected chi connectivity index (χ4v) is 0.223. The summed E-state index contributed by atoms with van der Waals surface area (Å²) in [6.07, 6.45) is 2.00. The fraction of sp³-hybridized carbons (Fsp3) is 1.00. The lowest BCUT2D eigenvalue weighted by atomic mass is 10.4. The molecule has 0 unspecified atom stereocenters. The van der Waals surface area contributed by atoms with E-state index in [1.165, 1.54) is 0 Å². The van der Waals surface area contributed by atoms with E-state index in [1.807, 2.05) is 6.92 Å². The maximum atomic E-state index is 9.31. The summed E-state index contributed by atoms with van der Waals surface area (Å²) in [4.78, 5) is 2.68. The molecule has 0 fully saturated rings. The highest BCUT2D eigenvalue weighted by Crippen LogP contribution is 1.80. The van der Waals surface area contributed by atoms with E-state index in [4.69, 9.17) is 0 Å². The molecule has 2 nitrogen and oxygen atoms in total.